The van der Waals surface area contributed by atoms with Gasteiger partial charge < -0.3 is 10.0 Å². The monoisotopic (exact) mass is 475 g/mol. The van der Waals surface area contributed by atoms with Crippen LogP contribution in [0.1, 0.15) is 50.3 Å². The summed E-state index contributed by atoms with van der Waals surface area (Å²) in [5.41, 5.74) is 2.74. The van der Waals surface area contributed by atoms with Gasteiger partial charge in [-0.05, 0) is 62.6 Å². The number of phenols is 1. The molecule has 0 aliphatic carbocycles. The number of hydrogen-bond acceptors (Lipinski definition) is 4. The Labute approximate surface area is 186 Å². The van der Waals surface area contributed by atoms with Crippen LogP contribution in [0.5, 0.6) is 5.75 Å². The molecule has 2 aliphatic rings. The van der Waals surface area contributed by atoms with Crippen LogP contribution in [0.25, 0.3) is 0 Å². The third-order valence-electron chi connectivity index (χ3n) is 6.09. The first-order valence-electron chi connectivity index (χ1n) is 10.2. The molecule has 1 fully saturated rings. The van der Waals surface area contributed by atoms with Crippen LogP contribution in [0, 0.1) is 0 Å². The van der Waals surface area contributed by atoms with E-state index in [0.717, 1.165) is 47.2 Å². The highest BCUT2D eigenvalue weighted by molar-refractivity contribution is 9.10. The maximum absolute atomic E-state index is 10.5. The van der Waals surface area contributed by atoms with E-state index in [1.54, 1.807) is 12.1 Å². The van der Waals surface area contributed by atoms with Crippen molar-refractivity contribution in [3.63, 3.8) is 0 Å². The van der Waals surface area contributed by atoms with Gasteiger partial charge in [0.2, 0.25) is 0 Å². The summed E-state index contributed by atoms with van der Waals surface area (Å²) in [5.74, 6) is 0.277. The van der Waals surface area contributed by atoms with Crippen molar-refractivity contribution in [1.82, 2.24) is 10.2 Å². The number of nitrogens with one attached hydrogen (secondary N) is 1. The van der Waals surface area contributed by atoms with Gasteiger partial charge in [0.15, 0.2) is 0 Å². The fraction of sp³-hybridized carbons (Fsp3) is 0.435. The molecule has 154 valence electrons. The van der Waals surface area contributed by atoms with Crippen LogP contribution in [0.15, 0.2) is 51.9 Å². The van der Waals surface area contributed by atoms with E-state index in [9.17, 15) is 5.11 Å². The van der Waals surface area contributed by atoms with Crippen molar-refractivity contribution in [2.24, 2.45) is 4.99 Å². The highest BCUT2D eigenvalue weighted by Crippen LogP contribution is 2.38. The zero-order valence-electron chi connectivity index (χ0n) is 16.8. The predicted octanol–water partition coefficient (Wildman–Crippen LogP) is 5.53. The number of phenolic OH excluding ortho intramolecular Hbond substituents is 1. The standard InChI is InChI=1S/C23H27BrClN3O/c1-15(2)28-11-9-23(10-12-28)26-20(16-3-5-17(24)6-4-16)14-21(27-23)19-13-18(25)7-8-22(19)29/h3-8,13,15,21,27,29H,9-12,14H2,1-2H3/t21-/m1/s1. The van der Waals surface area contributed by atoms with Gasteiger partial charge in [-0.1, -0.05) is 39.7 Å². The second kappa shape index (κ2) is 8.38. The predicted molar refractivity (Wildman–Crippen MR) is 123 cm³/mol. The molecule has 2 aromatic rings. The number of aliphatic imine (C=N–C) groups is 1. The van der Waals surface area contributed by atoms with E-state index in [1.165, 1.54) is 0 Å². The van der Waals surface area contributed by atoms with E-state index in [4.69, 9.17) is 16.6 Å². The number of rotatable bonds is 3. The van der Waals surface area contributed by atoms with Crippen LogP contribution < -0.4 is 5.32 Å². The van der Waals surface area contributed by atoms with Crippen molar-refractivity contribution < 1.29 is 5.11 Å². The van der Waals surface area contributed by atoms with E-state index in [1.807, 2.05) is 6.07 Å². The van der Waals surface area contributed by atoms with Crippen LogP contribution in [0.4, 0.5) is 0 Å². The van der Waals surface area contributed by atoms with Crippen LogP contribution in [0.2, 0.25) is 5.02 Å². The third-order valence-corrected chi connectivity index (χ3v) is 6.85. The van der Waals surface area contributed by atoms with Crippen molar-refractivity contribution in [1.29, 1.82) is 0 Å². The molecule has 0 radical (unpaired) electrons. The molecule has 1 saturated heterocycles. The van der Waals surface area contributed by atoms with Crippen LogP contribution >= 0.6 is 27.5 Å². The number of benzene rings is 2. The van der Waals surface area contributed by atoms with Crippen LogP contribution in [0.3, 0.4) is 0 Å². The molecular formula is C23H27BrClN3O. The molecule has 4 rings (SSSR count). The Morgan fingerprint density at radius 2 is 1.86 bits per heavy atom. The second-order valence-electron chi connectivity index (χ2n) is 8.33. The molecule has 29 heavy (non-hydrogen) atoms. The SMILES string of the molecule is CC(C)N1CCC2(CC1)N=C(c1ccc(Br)cc1)C[C@H](c1cc(Cl)ccc1O)N2. The second-order valence-corrected chi connectivity index (χ2v) is 9.68. The minimum Gasteiger partial charge on any atom is -0.508 e. The molecule has 1 spiro atoms. The van der Waals surface area contributed by atoms with Gasteiger partial charge in [0.25, 0.3) is 0 Å². The largest absolute Gasteiger partial charge is 0.508 e. The Bertz CT molecular complexity index is 905. The van der Waals surface area contributed by atoms with Gasteiger partial charge >= 0.3 is 0 Å². The van der Waals surface area contributed by atoms with Crippen molar-refractivity contribution in [3.8, 4) is 5.75 Å². The fourth-order valence-corrected chi connectivity index (χ4v) is 4.83. The third kappa shape index (κ3) is 4.53. The summed E-state index contributed by atoms with van der Waals surface area (Å²) in [5, 5.41) is 14.9. The minimum atomic E-state index is -0.314. The molecule has 1 atom stereocenters. The topological polar surface area (TPSA) is 47.9 Å². The van der Waals surface area contributed by atoms with Crippen molar-refractivity contribution in [2.45, 2.75) is 50.9 Å². The molecule has 0 unspecified atom stereocenters. The Kier molecular flexibility index (Phi) is 6.03. The summed E-state index contributed by atoms with van der Waals surface area (Å²) >= 11 is 9.78. The van der Waals surface area contributed by atoms with Gasteiger partial charge in [-0.3, -0.25) is 10.3 Å². The zero-order chi connectivity index (χ0) is 20.6. The van der Waals surface area contributed by atoms with Gasteiger partial charge in [0.1, 0.15) is 11.4 Å². The summed E-state index contributed by atoms with van der Waals surface area (Å²) in [7, 11) is 0. The first-order valence-corrected chi connectivity index (χ1v) is 11.4. The lowest BCUT2D eigenvalue weighted by atomic mass is 9.87. The molecule has 0 bridgehead atoms. The van der Waals surface area contributed by atoms with E-state index in [-0.39, 0.29) is 17.5 Å². The average Bonchev–Trinajstić information content (AvgIpc) is 2.70. The molecule has 2 heterocycles. The lowest BCUT2D eigenvalue weighted by molar-refractivity contribution is 0.103. The molecule has 2 N–H and O–H groups in total. The Balaban J connectivity index is 1.71. The molecule has 4 nitrogen and oxygen atoms in total. The molecule has 0 aromatic heterocycles. The molecular weight excluding hydrogens is 450 g/mol. The molecule has 0 amide bonds. The first kappa shape index (κ1) is 20.9. The Morgan fingerprint density at radius 1 is 1.17 bits per heavy atom. The van der Waals surface area contributed by atoms with Crippen LogP contribution in [-0.2, 0) is 0 Å². The van der Waals surface area contributed by atoms with E-state index >= 15 is 0 Å². The number of piperidine rings is 1. The number of hydrogen-bond donors (Lipinski definition) is 2. The lowest BCUT2D eigenvalue weighted by Crippen LogP contribution is -2.56. The number of halogens is 2. The molecule has 2 aromatic carbocycles. The summed E-state index contributed by atoms with van der Waals surface area (Å²) < 4.78 is 1.06. The van der Waals surface area contributed by atoms with E-state index in [2.05, 4.69) is 64.3 Å². The summed E-state index contributed by atoms with van der Waals surface area (Å²) in [6.07, 6.45) is 2.61. The van der Waals surface area contributed by atoms with Crippen molar-refractivity contribution in [3.05, 3.63) is 63.1 Å². The van der Waals surface area contributed by atoms with E-state index < -0.39 is 0 Å². The van der Waals surface area contributed by atoms with Gasteiger partial charge in [-0.25, -0.2) is 0 Å². The maximum atomic E-state index is 10.5. The van der Waals surface area contributed by atoms with E-state index in [0.29, 0.717) is 17.5 Å². The first-order chi connectivity index (χ1) is 13.8. The normalized spacial score (nSPS) is 22.1. The summed E-state index contributed by atoms with van der Waals surface area (Å²) in [6, 6.07) is 14.1. The van der Waals surface area contributed by atoms with Crippen LogP contribution in [-0.4, -0.2) is 40.5 Å². The number of nitrogens with zero attached hydrogens (tertiary/aromatic N) is 2. The molecule has 2 aliphatic heterocycles. The highest BCUT2D eigenvalue weighted by atomic mass is 79.9. The Hall–Kier alpha value is -1.40. The maximum Gasteiger partial charge on any atom is 0.120 e. The smallest absolute Gasteiger partial charge is 0.120 e. The van der Waals surface area contributed by atoms with Crippen molar-refractivity contribution >= 4 is 33.2 Å². The quantitative estimate of drug-likeness (QED) is 0.612. The molecule has 0 saturated carbocycles. The summed E-state index contributed by atoms with van der Waals surface area (Å²) in [6.45, 7) is 6.51. The van der Waals surface area contributed by atoms with Crippen molar-refractivity contribution in [2.75, 3.05) is 13.1 Å². The number of aromatic hydroxyl groups is 1. The van der Waals surface area contributed by atoms with Gasteiger partial charge in [-0.2, -0.15) is 0 Å². The van der Waals surface area contributed by atoms with Gasteiger partial charge in [-0.15, -0.1) is 0 Å². The average molecular weight is 477 g/mol. The zero-order valence-corrected chi connectivity index (χ0v) is 19.2. The highest BCUT2D eigenvalue weighted by Gasteiger charge is 2.40. The summed E-state index contributed by atoms with van der Waals surface area (Å²) in [4.78, 5) is 7.75. The van der Waals surface area contributed by atoms with Gasteiger partial charge in [0.05, 0.1) is 0 Å². The minimum absolute atomic E-state index is 0.0320. The Morgan fingerprint density at radius 3 is 2.52 bits per heavy atom. The number of likely N-dealkylation sites (tertiary alicyclic amines) is 1. The molecule has 6 heteroatoms. The van der Waals surface area contributed by atoms with Gasteiger partial charge in [0, 0.05) is 52.4 Å². The fourth-order valence-electron chi connectivity index (χ4n) is 4.39. The lowest BCUT2D eigenvalue weighted by Gasteiger charge is -2.46.